The second kappa shape index (κ2) is 9.06. The number of amides is 1. The summed E-state index contributed by atoms with van der Waals surface area (Å²) in [5.74, 6) is 0.438. The fourth-order valence-electron chi connectivity index (χ4n) is 4.89. The molecule has 0 unspecified atom stereocenters. The number of hydrogen-bond acceptors (Lipinski definition) is 3. The zero-order valence-electron chi connectivity index (χ0n) is 18.9. The SMILES string of the molecule is Cc1cc(C)c(CNC[C@H]2CC(=O)N(C)[C@@H]2c2cnn(Cc3ccccc3)c2)c(C)c1. The van der Waals surface area contributed by atoms with Crippen LogP contribution in [0.2, 0.25) is 0 Å². The van der Waals surface area contributed by atoms with Crippen molar-refractivity contribution in [2.75, 3.05) is 13.6 Å². The lowest BCUT2D eigenvalue weighted by Crippen LogP contribution is -2.29. The predicted octanol–water partition coefficient (Wildman–Crippen LogP) is 4.17. The zero-order chi connectivity index (χ0) is 22.0. The molecule has 0 spiro atoms. The quantitative estimate of drug-likeness (QED) is 0.629. The summed E-state index contributed by atoms with van der Waals surface area (Å²) < 4.78 is 1.96. The molecule has 1 fully saturated rings. The first-order valence-electron chi connectivity index (χ1n) is 11.0. The van der Waals surface area contributed by atoms with Gasteiger partial charge in [0.2, 0.25) is 5.91 Å². The molecule has 1 amide bonds. The van der Waals surface area contributed by atoms with E-state index in [0.29, 0.717) is 6.42 Å². The third kappa shape index (κ3) is 4.72. The van der Waals surface area contributed by atoms with Gasteiger partial charge in [-0.15, -0.1) is 0 Å². The second-order valence-corrected chi connectivity index (χ2v) is 8.88. The molecule has 1 saturated heterocycles. The largest absolute Gasteiger partial charge is 0.338 e. The third-order valence-corrected chi connectivity index (χ3v) is 6.42. The minimum Gasteiger partial charge on any atom is -0.338 e. The van der Waals surface area contributed by atoms with Gasteiger partial charge in [0.1, 0.15) is 0 Å². The summed E-state index contributed by atoms with van der Waals surface area (Å²) >= 11 is 0. The third-order valence-electron chi connectivity index (χ3n) is 6.42. The molecule has 31 heavy (non-hydrogen) atoms. The molecular weight excluding hydrogens is 384 g/mol. The molecule has 5 heteroatoms. The van der Waals surface area contributed by atoms with Gasteiger partial charge in [0, 0.05) is 44.2 Å². The number of hydrogen-bond donors (Lipinski definition) is 1. The minimum atomic E-state index is 0.0599. The number of carbonyl (C=O) groups excluding carboxylic acids is 1. The van der Waals surface area contributed by atoms with Gasteiger partial charge >= 0.3 is 0 Å². The van der Waals surface area contributed by atoms with Crippen LogP contribution in [-0.4, -0.2) is 34.2 Å². The summed E-state index contributed by atoms with van der Waals surface area (Å²) in [6.45, 7) is 8.85. The van der Waals surface area contributed by atoms with E-state index in [4.69, 9.17) is 0 Å². The van der Waals surface area contributed by atoms with Gasteiger partial charge in [0.05, 0.1) is 18.8 Å². The standard InChI is InChI=1S/C26H32N4O/c1-18-10-19(2)24(20(3)11-18)15-27-13-22-12-25(31)29(4)26(22)23-14-28-30(17-23)16-21-8-6-5-7-9-21/h5-11,14,17,22,26-27H,12-13,15-16H2,1-4H3/t22-,26+/m1/s1. The molecule has 0 saturated carbocycles. The van der Waals surface area contributed by atoms with Crippen LogP contribution < -0.4 is 5.32 Å². The molecule has 0 radical (unpaired) electrons. The van der Waals surface area contributed by atoms with E-state index < -0.39 is 0 Å². The zero-order valence-corrected chi connectivity index (χ0v) is 18.9. The Bertz CT molecular complexity index is 1030. The molecule has 1 aliphatic rings. The summed E-state index contributed by atoms with van der Waals surface area (Å²) in [5.41, 5.74) is 7.63. The van der Waals surface area contributed by atoms with Crippen molar-refractivity contribution in [2.45, 2.75) is 46.3 Å². The Morgan fingerprint density at radius 2 is 1.81 bits per heavy atom. The fourth-order valence-corrected chi connectivity index (χ4v) is 4.89. The summed E-state index contributed by atoms with van der Waals surface area (Å²) in [4.78, 5) is 14.4. The maximum atomic E-state index is 12.5. The van der Waals surface area contributed by atoms with Crippen molar-refractivity contribution >= 4 is 5.91 Å². The van der Waals surface area contributed by atoms with Crippen molar-refractivity contribution in [3.63, 3.8) is 0 Å². The lowest BCUT2D eigenvalue weighted by Gasteiger charge is -2.24. The molecule has 162 valence electrons. The highest BCUT2D eigenvalue weighted by Crippen LogP contribution is 2.36. The van der Waals surface area contributed by atoms with Gasteiger partial charge in [0.25, 0.3) is 0 Å². The van der Waals surface area contributed by atoms with E-state index in [1.807, 2.05) is 41.0 Å². The highest BCUT2D eigenvalue weighted by Gasteiger charge is 2.38. The number of benzene rings is 2. The number of aryl methyl sites for hydroxylation is 3. The van der Waals surface area contributed by atoms with Crippen LogP contribution in [0.5, 0.6) is 0 Å². The number of rotatable bonds is 7. The molecule has 5 nitrogen and oxygen atoms in total. The monoisotopic (exact) mass is 416 g/mol. The van der Waals surface area contributed by atoms with Crippen LogP contribution in [0.3, 0.4) is 0 Å². The van der Waals surface area contributed by atoms with E-state index >= 15 is 0 Å². The van der Waals surface area contributed by atoms with Gasteiger partial charge in [0.15, 0.2) is 0 Å². The predicted molar refractivity (Wildman–Crippen MR) is 124 cm³/mol. The van der Waals surface area contributed by atoms with Gasteiger partial charge < -0.3 is 10.2 Å². The number of nitrogens with one attached hydrogen (secondary N) is 1. The average molecular weight is 417 g/mol. The van der Waals surface area contributed by atoms with Gasteiger partial charge in [-0.1, -0.05) is 48.0 Å². The van der Waals surface area contributed by atoms with Crippen LogP contribution >= 0.6 is 0 Å². The lowest BCUT2D eigenvalue weighted by molar-refractivity contribution is -0.127. The first-order chi connectivity index (χ1) is 14.9. The van der Waals surface area contributed by atoms with E-state index in [0.717, 1.165) is 25.2 Å². The van der Waals surface area contributed by atoms with E-state index in [1.165, 1.54) is 27.8 Å². The van der Waals surface area contributed by atoms with Crippen molar-refractivity contribution in [1.82, 2.24) is 20.0 Å². The van der Waals surface area contributed by atoms with Crippen molar-refractivity contribution in [3.05, 3.63) is 88.2 Å². The van der Waals surface area contributed by atoms with Gasteiger partial charge in [-0.3, -0.25) is 9.48 Å². The Balaban J connectivity index is 1.44. The van der Waals surface area contributed by atoms with Crippen molar-refractivity contribution < 1.29 is 4.79 Å². The molecule has 3 aromatic rings. The number of carbonyl (C=O) groups is 1. The van der Waals surface area contributed by atoms with Gasteiger partial charge in [-0.2, -0.15) is 5.10 Å². The highest BCUT2D eigenvalue weighted by atomic mass is 16.2. The maximum absolute atomic E-state index is 12.5. The molecule has 2 aromatic carbocycles. The maximum Gasteiger partial charge on any atom is 0.223 e. The summed E-state index contributed by atoms with van der Waals surface area (Å²) in [5, 5.41) is 8.19. The van der Waals surface area contributed by atoms with Crippen molar-refractivity contribution in [2.24, 2.45) is 5.92 Å². The molecule has 1 aromatic heterocycles. The van der Waals surface area contributed by atoms with Gasteiger partial charge in [-0.25, -0.2) is 0 Å². The van der Waals surface area contributed by atoms with E-state index in [9.17, 15) is 4.79 Å². The Hall–Kier alpha value is -2.92. The fraction of sp³-hybridized carbons (Fsp3) is 0.385. The van der Waals surface area contributed by atoms with Crippen LogP contribution in [0.4, 0.5) is 0 Å². The van der Waals surface area contributed by atoms with E-state index in [-0.39, 0.29) is 17.9 Å². The van der Waals surface area contributed by atoms with Crippen LogP contribution in [0, 0.1) is 26.7 Å². The molecular formula is C26H32N4O. The summed E-state index contributed by atoms with van der Waals surface area (Å²) in [7, 11) is 1.91. The smallest absolute Gasteiger partial charge is 0.223 e. The van der Waals surface area contributed by atoms with E-state index in [1.54, 1.807) is 0 Å². The molecule has 0 bridgehead atoms. The Labute approximate surface area is 185 Å². The lowest BCUT2D eigenvalue weighted by atomic mass is 9.95. The average Bonchev–Trinajstić information content (AvgIpc) is 3.28. The van der Waals surface area contributed by atoms with Crippen molar-refractivity contribution in [1.29, 1.82) is 0 Å². The summed E-state index contributed by atoms with van der Waals surface area (Å²) in [6.07, 6.45) is 4.59. The number of aromatic nitrogens is 2. The van der Waals surface area contributed by atoms with Crippen LogP contribution in [0.15, 0.2) is 54.9 Å². The highest BCUT2D eigenvalue weighted by molar-refractivity contribution is 5.79. The molecule has 4 rings (SSSR count). The molecule has 1 N–H and O–H groups in total. The van der Waals surface area contributed by atoms with Crippen LogP contribution in [0.25, 0.3) is 0 Å². The van der Waals surface area contributed by atoms with E-state index in [2.05, 4.69) is 61.6 Å². The van der Waals surface area contributed by atoms with Gasteiger partial charge in [-0.05, 0) is 43.0 Å². The van der Waals surface area contributed by atoms with Crippen molar-refractivity contribution in [3.8, 4) is 0 Å². The Morgan fingerprint density at radius 3 is 2.52 bits per heavy atom. The normalized spacial score (nSPS) is 18.7. The van der Waals surface area contributed by atoms with Crippen LogP contribution in [-0.2, 0) is 17.9 Å². The first kappa shape index (κ1) is 21.3. The van der Waals surface area contributed by atoms with Crippen LogP contribution in [0.1, 0.15) is 45.8 Å². The molecule has 0 aliphatic carbocycles. The number of nitrogens with zero attached hydrogens (tertiary/aromatic N) is 3. The number of likely N-dealkylation sites (tertiary alicyclic amines) is 1. The Morgan fingerprint density at radius 1 is 1.10 bits per heavy atom. The minimum absolute atomic E-state index is 0.0599. The molecule has 2 atom stereocenters. The molecule has 1 aliphatic heterocycles. The first-order valence-corrected chi connectivity index (χ1v) is 11.0. The topological polar surface area (TPSA) is 50.2 Å². The Kier molecular flexibility index (Phi) is 6.23. The summed E-state index contributed by atoms with van der Waals surface area (Å²) in [6, 6.07) is 14.9. The second-order valence-electron chi connectivity index (χ2n) is 8.88. The molecule has 2 heterocycles.